The number of aromatic hydroxyl groups is 1. The number of imidazole rings is 1. The van der Waals surface area contributed by atoms with Gasteiger partial charge in [0, 0.05) is 40.3 Å². The first-order chi connectivity index (χ1) is 23.8. The Bertz CT molecular complexity index is 2830. The quantitative estimate of drug-likeness (QED) is 0.143. The fourth-order valence-corrected chi connectivity index (χ4v) is 7.92. The number of pyridine rings is 1. The maximum Gasteiger partial charge on any atom is 2.00 e. The fourth-order valence-electron chi connectivity index (χ4n) is 7.92. The molecule has 0 unspecified atom stereocenters. The van der Waals surface area contributed by atoms with Crippen LogP contribution in [0.15, 0.2) is 116 Å². The van der Waals surface area contributed by atoms with E-state index in [0.29, 0.717) is 22.8 Å². The second-order valence-corrected chi connectivity index (χ2v) is 14.0. The van der Waals surface area contributed by atoms with Crippen molar-refractivity contribution in [2.45, 2.75) is 38.5 Å². The number of para-hydroxylation sites is 3. The normalized spacial score (nSPS) is 14.6. The Morgan fingerprint density at radius 1 is 0.700 bits per heavy atom. The van der Waals surface area contributed by atoms with Crippen molar-refractivity contribution in [2.24, 2.45) is 0 Å². The monoisotopic (exact) mass is 833 g/mol. The van der Waals surface area contributed by atoms with Crippen LogP contribution in [0.2, 0.25) is 0 Å². The van der Waals surface area contributed by atoms with E-state index >= 15 is 0 Å². The van der Waals surface area contributed by atoms with E-state index < -0.39 is 5.41 Å². The van der Waals surface area contributed by atoms with Gasteiger partial charge in [-0.2, -0.15) is 33.4 Å². The second-order valence-electron chi connectivity index (χ2n) is 14.0. The van der Waals surface area contributed by atoms with Crippen LogP contribution in [0.3, 0.4) is 0 Å². The van der Waals surface area contributed by atoms with Crippen LogP contribution in [-0.2, 0) is 31.9 Å². The molecule has 0 saturated heterocycles. The standard InChI is InChI=1S/C42H32N5O2.Pt/c1-41(2)30-18-13-21-33-35(30)47-38(42(41,3)4)40(43-39(47)36-37(48)29-17-7-9-20-32(29)46(33)36)49-27-15-12-14-26(24-27)45-25-34(44-22-10-5-11-23-44)28-16-6-8-19-31(28)45;/h5-23,48H,1-4H3;/q-1;+2. The average molecular weight is 834 g/mol. The molecule has 1 aliphatic heterocycles. The van der Waals surface area contributed by atoms with E-state index in [9.17, 15) is 5.11 Å². The van der Waals surface area contributed by atoms with Gasteiger partial charge in [-0.1, -0.05) is 87.8 Å². The summed E-state index contributed by atoms with van der Waals surface area (Å²) < 4.78 is 15.3. The minimum absolute atomic E-state index is 0. The van der Waals surface area contributed by atoms with Crippen LogP contribution in [0.25, 0.3) is 55.4 Å². The zero-order chi connectivity index (χ0) is 33.2. The molecule has 7 nitrogen and oxygen atoms in total. The molecule has 1 N–H and O–H groups in total. The number of aromatic nitrogens is 5. The predicted octanol–water partition coefficient (Wildman–Crippen LogP) is 8.78. The zero-order valence-electron chi connectivity index (χ0n) is 27.9. The molecule has 0 amide bonds. The SMILES string of the molecule is CC1(C)c2cccc3c2n2c(c(Oc4[c-]c(-n5[c-]c(-[n+]6ccccc6)c6ccccc65)ccc4)nc2c2c(O)c4ccccc4n32)C1(C)C.[Pt+2]. The molecule has 246 valence electrons. The number of fused-ring (bicyclic) bond motifs is 6. The van der Waals surface area contributed by atoms with E-state index in [-0.39, 0.29) is 32.2 Å². The number of hydrogen-bond acceptors (Lipinski definition) is 3. The van der Waals surface area contributed by atoms with Crippen LogP contribution < -0.4 is 9.30 Å². The molecule has 0 aliphatic carbocycles. The zero-order valence-corrected chi connectivity index (χ0v) is 30.1. The van der Waals surface area contributed by atoms with Crippen molar-refractivity contribution < 1.29 is 35.5 Å². The van der Waals surface area contributed by atoms with Crippen molar-refractivity contribution >= 4 is 44.0 Å². The van der Waals surface area contributed by atoms with E-state index in [1.807, 2.05) is 83.7 Å². The van der Waals surface area contributed by atoms with Crippen LogP contribution in [0, 0.1) is 12.3 Å². The minimum Gasteiger partial charge on any atom is -0.505 e. The molecule has 0 spiro atoms. The summed E-state index contributed by atoms with van der Waals surface area (Å²) in [6.45, 7) is 9.11. The molecule has 4 aromatic carbocycles. The summed E-state index contributed by atoms with van der Waals surface area (Å²) >= 11 is 0. The molecular weight excluding hydrogens is 802 g/mol. The molecule has 6 heterocycles. The van der Waals surface area contributed by atoms with Crippen LogP contribution in [0.4, 0.5) is 0 Å². The smallest absolute Gasteiger partial charge is 0.505 e. The van der Waals surface area contributed by atoms with Crippen LogP contribution in [-0.4, -0.2) is 23.5 Å². The summed E-state index contributed by atoms with van der Waals surface area (Å²) in [6, 6.07) is 38.2. The van der Waals surface area contributed by atoms with Crippen LogP contribution >= 0.6 is 0 Å². The van der Waals surface area contributed by atoms with Crippen molar-refractivity contribution in [1.29, 1.82) is 0 Å². The maximum atomic E-state index is 11.7. The van der Waals surface area contributed by atoms with Crippen molar-refractivity contribution in [3.8, 4) is 28.8 Å². The second kappa shape index (κ2) is 10.6. The molecule has 0 fully saturated rings. The first-order valence-corrected chi connectivity index (χ1v) is 16.6. The van der Waals surface area contributed by atoms with Gasteiger partial charge < -0.3 is 18.8 Å². The number of nitrogens with zero attached hydrogens (tertiary/aromatic N) is 5. The van der Waals surface area contributed by atoms with Gasteiger partial charge >= 0.3 is 21.1 Å². The third-order valence-electron chi connectivity index (χ3n) is 11.0. The van der Waals surface area contributed by atoms with Gasteiger partial charge in [0.1, 0.15) is 11.2 Å². The summed E-state index contributed by atoms with van der Waals surface area (Å²) in [5, 5.41) is 13.6. The van der Waals surface area contributed by atoms with E-state index in [4.69, 9.17) is 9.72 Å². The molecule has 10 rings (SSSR count). The van der Waals surface area contributed by atoms with E-state index in [1.165, 1.54) is 5.56 Å². The van der Waals surface area contributed by atoms with Gasteiger partial charge in [0.15, 0.2) is 23.8 Å². The van der Waals surface area contributed by atoms with Crippen LogP contribution in [0.1, 0.15) is 39.0 Å². The van der Waals surface area contributed by atoms with Gasteiger partial charge in [-0.3, -0.25) is 4.40 Å². The van der Waals surface area contributed by atoms with Gasteiger partial charge in [0.25, 0.3) is 0 Å². The van der Waals surface area contributed by atoms with Crippen LogP contribution in [0.5, 0.6) is 17.4 Å². The topological polar surface area (TPSA) is 60.0 Å². The Hall–Kier alpha value is -5.39. The molecule has 5 aromatic heterocycles. The molecule has 8 heteroatoms. The number of benzene rings is 4. The Kier molecular flexibility index (Phi) is 6.47. The number of ether oxygens (including phenoxy) is 1. The van der Waals surface area contributed by atoms with Crippen molar-refractivity contribution in [3.05, 3.63) is 139 Å². The minimum atomic E-state index is -0.396. The molecule has 0 bridgehead atoms. The van der Waals surface area contributed by atoms with Gasteiger partial charge in [0.2, 0.25) is 5.88 Å². The first kappa shape index (κ1) is 30.7. The summed E-state index contributed by atoms with van der Waals surface area (Å²) in [5.41, 5.74) is 8.64. The largest absolute Gasteiger partial charge is 2.00 e. The fraction of sp³-hybridized carbons (Fsp3) is 0.143. The third-order valence-corrected chi connectivity index (χ3v) is 11.0. The summed E-state index contributed by atoms with van der Waals surface area (Å²) in [4.78, 5) is 5.23. The van der Waals surface area contributed by atoms with E-state index in [2.05, 4.69) is 89.7 Å². The Labute approximate surface area is 302 Å². The molecule has 50 heavy (non-hydrogen) atoms. The van der Waals surface area contributed by atoms with Gasteiger partial charge in [-0.05, 0) is 29.1 Å². The van der Waals surface area contributed by atoms with Gasteiger partial charge in [-0.25, -0.2) is 0 Å². The molecule has 0 radical (unpaired) electrons. The number of rotatable bonds is 4. The third kappa shape index (κ3) is 3.90. The summed E-state index contributed by atoms with van der Waals surface area (Å²) in [5.74, 6) is 1.26. The van der Waals surface area contributed by atoms with E-state index in [1.54, 1.807) is 0 Å². The Morgan fingerprint density at radius 2 is 1.40 bits per heavy atom. The molecule has 0 saturated carbocycles. The average Bonchev–Trinajstić information content (AvgIpc) is 3.79. The van der Waals surface area contributed by atoms with Crippen molar-refractivity contribution in [3.63, 3.8) is 0 Å². The maximum absolute atomic E-state index is 11.7. The number of hydrogen-bond donors (Lipinski definition) is 1. The molecule has 1 aliphatic rings. The molecule has 0 atom stereocenters. The predicted molar refractivity (Wildman–Crippen MR) is 191 cm³/mol. The first-order valence-electron chi connectivity index (χ1n) is 16.6. The molecule has 9 aromatic rings. The Morgan fingerprint density at radius 3 is 2.20 bits per heavy atom. The van der Waals surface area contributed by atoms with Crippen molar-refractivity contribution in [1.82, 2.24) is 18.4 Å². The Balaban J connectivity index is 0.00000336. The summed E-state index contributed by atoms with van der Waals surface area (Å²) in [6.07, 6.45) is 7.65. The van der Waals surface area contributed by atoms with Gasteiger partial charge in [-0.15, -0.1) is 6.07 Å². The van der Waals surface area contributed by atoms with Crippen molar-refractivity contribution in [2.75, 3.05) is 0 Å². The summed E-state index contributed by atoms with van der Waals surface area (Å²) in [7, 11) is 0. The van der Waals surface area contributed by atoms with E-state index in [0.717, 1.165) is 49.9 Å². The van der Waals surface area contributed by atoms with Gasteiger partial charge in [0.05, 0.1) is 22.2 Å². The molecular formula is C42H32N5O2Pt+.